The first kappa shape index (κ1) is 23.8. The number of carboxylic acids is 1. The Balaban J connectivity index is 0.00000272. The number of carboxylic acid groups (broad SMARTS) is 1. The topological polar surface area (TPSA) is 64.1 Å². The van der Waals surface area contributed by atoms with E-state index < -0.39 is 5.97 Å². The van der Waals surface area contributed by atoms with Crippen LogP contribution in [0.2, 0.25) is 0 Å². The van der Waals surface area contributed by atoms with Crippen LogP contribution in [0.5, 0.6) is 0 Å². The molecule has 0 spiro atoms. The SMILES string of the molecule is CN1CCc2cc(F)c(N3CCN(C4CCC(CCC(=O)O)CC4)C3=O)cc2CC1.Cl. The second kappa shape index (κ2) is 10.2. The van der Waals surface area contributed by atoms with Crippen molar-refractivity contribution in [2.24, 2.45) is 5.92 Å². The molecule has 1 aromatic carbocycles. The van der Waals surface area contributed by atoms with Gasteiger partial charge < -0.3 is 14.9 Å². The summed E-state index contributed by atoms with van der Waals surface area (Å²) in [5.74, 6) is -0.603. The van der Waals surface area contributed by atoms with Crippen LogP contribution in [0.1, 0.15) is 49.7 Å². The Bertz CT molecular complexity index is 814. The Hall–Kier alpha value is -1.86. The smallest absolute Gasteiger partial charge is 0.324 e. The van der Waals surface area contributed by atoms with Crippen molar-refractivity contribution in [1.29, 1.82) is 0 Å². The van der Waals surface area contributed by atoms with Crippen molar-refractivity contribution in [1.82, 2.24) is 9.80 Å². The molecule has 0 aromatic heterocycles. The molecule has 2 aliphatic heterocycles. The molecule has 4 rings (SSSR count). The maximum Gasteiger partial charge on any atom is 0.324 e. The number of amides is 2. The van der Waals surface area contributed by atoms with Gasteiger partial charge in [-0.25, -0.2) is 9.18 Å². The molecular formula is C23H33ClFN3O3. The summed E-state index contributed by atoms with van der Waals surface area (Å²) >= 11 is 0. The average Bonchev–Trinajstić information content (AvgIpc) is 3.01. The fourth-order valence-electron chi connectivity index (χ4n) is 5.24. The highest BCUT2D eigenvalue weighted by molar-refractivity contribution is 5.94. The highest BCUT2D eigenvalue weighted by Crippen LogP contribution is 2.34. The molecular weight excluding hydrogens is 421 g/mol. The molecule has 1 N–H and O–H groups in total. The molecule has 0 atom stereocenters. The third-order valence-corrected chi connectivity index (χ3v) is 7.15. The number of carbonyl (C=O) groups excluding carboxylic acids is 1. The minimum Gasteiger partial charge on any atom is -0.481 e. The molecule has 1 saturated heterocycles. The molecule has 0 bridgehead atoms. The number of likely N-dealkylation sites (N-methyl/N-ethyl adjacent to an activating group) is 1. The van der Waals surface area contributed by atoms with Crippen LogP contribution < -0.4 is 4.90 Å². The fraction of sp³-hybridized carbons (Fsp3) is 0.652. The quantitative estimate of drug-likeness (QED) is 0.733. The number of nitrogens with zero attached hydrogens (tertiary/aromatic N) is 3. The van der Waals surface area contributed by atoms with Crippen molar-refractivity contribution in [3.8, 4) is 0 Å². The first-order valence-corrected chi connectivity index (χ1v) is 11.2. The van der Waals surface area contributed by atoms with E-state index in [1.165, 1.54) is 0 Å². The number of aliphatic carboxylic acids is 1. The highest BCUT2D eigenvalue weighted by atomic mass is 35.5. The van der Waals surface area contributed by atoms with Crippen molar-refractivity contribution in [2.75, 3.05) is 38.1 Å². The van der Waals surface area contributed by atoms with Crippen molar-refractivity contribution < 1.29 is 19.1 Å². The van der Waals surface area contributed by atoms with E-state index in [0.29, 0.717) is 24.7 Å². The molecule has 1 aromatic rings. The van der Waals surface area contributed by atoms with E-state index in [1.807, 2.05) is 11.0 Å². The fourth-order valence-corrected chi connectivity index (χ4v) is 5.24. The predicted molar refractivity (Wildman–Crippen MR) is 121 cm³/mol. The van der Waals surface area contributed by atoms with Crippen LogP contribution in [-0.2, 0) is 17.6 Å². The van der Waals surface area contributed by atoms with E-state index in [1.54, 1.807) is 11.0 Å². The van der Waals surface area contributed by atoms with Gasteiger partial charge in [0.1, 0.15) is 5.82 Å². The zero-order valence-corrected chi connectivity index (χ0v) is 19.0. The number of fused-ring (bicyclic) bond motifs is 1. The van der Waals surface area contributed by atoms with Crippen LogP contribution in [0.4, 0.5) is 14.9 Å². The minimum absolute atomic E-state index is 0. The van der Waals surface area contributed by atoms with Gasteiger partial charge in [0.05, 0.1) is 5.69 Å². The molecule has 6 nitrogen and oxygen atoms in total. The maximum absolute atomic E-state index is 14.9. The van der Waals surface area contributed by atoms with Gasteiger partial charge in [0.15, 0.2) is 0 Å². The second-order valence-electron chi connectivity index (χ2n) is 9.11. The molecule has 31 heavy (non-hydrogen) atoms. The number of carbonyl (C=O) groups is 2. The van der Waals surface area contributed by atoms with E-state index in [2.05, 4.69) is 11.9 Å². The van der Waals surface area contributed by atoms with Gasteiger partial charge in [-0.05, 0) is 81.2 Å². The molecule has 3 aliphatic rings. The Morgan fingerprint density at radius 3 is 2.35 bits per heavy atom. The Morgan fingerprint density at radius 2 is 1.71 bits per heavy atom. The zero-order valence-electron chi connectivity index (χ0n) is 18.2. The number of anilines is 1. The molecule has 172 valence electrons. The molecule has 1 saturated carbocycles. The lowest BCUT2D eigenvalue weighted by Gasteiger charge is -2.34. The van der Waals surface area contributed by atoms with Crippen LogP contribution in [0.25, 0.3) is 0 Å². The van der Waals surface area contributed by atoms with Crippen LogP contribution in [-0.4, -0.2) is 66.2 Å². The number of hydrogen-bond donors (Lipinski definition) is 1. The lowest BCUT2D eigenvalue weighted by Crippen LogP contribution is -2.41. The average molecular weight is 454 g/mol. The summed E-state index contributed by atoms with van der Waals surface area (Å²) in [5.41, 5.74) is 2.63. The summed E-state index contributed by atoms with van der Waals surface area (Å²) < 4.78 is 14.9. The monoisotopic (exact) mass is 453 g/mol. The number of benzene rings is 1. The third kappa shape index (κ3) is 5.32. The summed E-state index contributed by atoms with van der Waals surface area (Å²) in [4.78, 5) is 29.7. The standard InChI is InChI=1S/C23H32FN3O3.ClH/c1-25-10-8-17-14-20(24)21(15-18(17)9-11-25)27-13-12-26(23(27)30)19-5-2-16(3-6-19)4-7-22(28)29;/h14-16,19H,2-13H2,1H3,(H,28,29);1H. The van der Waals surface area contributed by atoms with Crippen molar-refractivity contribution in [3.63, 3.8) is 0 Å². The first-order valence-electron chi connectivity index (χ1n) is 11.2. The van der Waals surface area contributed by atoms with Crippen LogP contribution >= 0.6 is 12.4 Å². The summed E-state index contributed by atoms with van der Waals surface area (Å²) in [6.07, 6.45) is 6.40. The minimum atomic E-state index is -0.739. The summed E-state index contributed by atoms with van der Waals surface area (Å²) in [6.45, 7) is 3.02. The van der Waals surface area contributed by atoms with Gasteiger partial charge >= 0.3 is 12.0 Å². The largest absolute Gasteiger partial charge is 0.481 e. The molecule has 2 amide bonds. The number of hydrogen-bond acceptors (Lipinski definition) is 3. The molecule has 0 unspecified atom stereocenters. The zero-order chi connectivity index (χ0) is 21.3. The second-order valence-corrected chi connectivity index (χ2v) is 9.11. The normalized spacial score (nSPS) is 24.5. The molecule has 8 heteroatoms. The summed E-state index contributed by atoms with van der Waals surface area (Å²) in [7, 11) is 2.08. The Morgan fingerprint density at radius 1 is 1.06 bits per heavy atom. The van der Waals surface area contributed by atoms with Crippen LogP contribution in [0.15, 0.2) is 12.1 Å². The van der Waals surface area contributed by atoms with Gasteiger partial charge in [-0.15, -0.1) is 12.4 Å². The first-order chi connectivity index (χ1) is 14.4. The Labute approximate surface area is 189 Å². The van der Waals surface area contributed by atoms with Gasteiger partial charge in [-0.3, -0.25) is 9.69 Å². The molecule has 1 aliphatic carbocycles. The molecule has 2 heterocycles. The number of halogens is 2. The van der Waals surface area contributed by atoms with E-state index in [9.17, 15) is 14.0 Å². The van der Waals surface area contributed by atoms with Gasteiger partial charge in [0, 0.05) is 38.6 Å². The van der Waals surface area contributed by atoms with E-state index in [0.717, 1.165) is 69.2 Å². The van der Waals surface area contributed by atoms with Gasteiger partial charge in [0.2, 0.25) is 0 Å². The summed E-state index contributed by atoms with van der Waals surface area (Å²) in [6, 6.07) is 3.62. The maximum atomic E-state index is 14.9. The summed E-state index contributed by atoms with van der Waals surface area (Å²) in [5, 5.41) is 8.87. The van der Waals surface area contributed by atoms with Crippen molar-refractivity contribution in [3.05, 3.63) is 29.1 Å². The molecule has 0 radical (unpaired) electrons. The van der Waals surface area contributed by atoms with Crippen LogP contribution in [0, 0.1) is 11.7 Å². The highest BCUT2D eigenvalue weighted by Gasteiger charge is 2.37. The van der Waals surface area contributed by atoms with Crippen molar-refractivity contribution in [2.45, 2.75) is 57.4 Å². The number of rotatable bonds is 5. The lowest BCUT2D eigenvalue weighted by molar-refractivity contribution is -0.137. The van der Waals surface area contributed by atoms with Gasteiger partial charge in [-0.1, -0.05) is 0 Å². The van der Waals surface area contributed by atoms with E-state index in [4.69, 9.17) is 5.11 Å². The predicted octanol–water partition coefficient (Wildman–Crippen LogP) is 3.94. The van der Waals surface area contributed by atoms with Crippen LogP contribution in [0.3, 0.4) is 0 Å². The lowest BCUT2D eigenvalue weighted by atomic mass is 9.83. The number of urea groups is 1. The third-order valence-electron chi connectivity index (χ3n) is 7.15. The van der Waals surface area contributed by atoms with Gasteiger partial charge in [0.25, 0.3) is 0 Å². The molecule has 2 fully saturated rings. The van der Waals surface area contributed by atoms with E-state index >= 15 is 0 Å². The van der Waals surface area contributed by atoms with E-state index in [-0.39, 0.29) is 36.7 Å². The van der Waals surface area contributed by atoms with Crippen molar-refractivity contribution >= 4 is 30.1 Å². The van der Waals surface area contributed by atoms with Gasteiger partial charge in [-0.2, -0.15) is 0 Å². The Kier molecular flexibility index (Phi) is 7.81.